The third-order valence-electron chi connectivity index (χ3n) is 4.53. The second-order valence-corrected chi connectivity index (χ2v) is 6.58. The van der Waals surface area contributed by atoms with Crippen LogP contribution >= 0.6 is 12.4 Å². The summed E-state index contributed by atoms with van der Waals surface area (Å²) in [5.74, 6) is -0.165. The molecule has 0 radical (unpaired) electrons. The van der Waals surface area contributed by atoms with Crippen LogP contribution in [0, 0.1) is 6.92 Å². The van der Waals surface area contributed by atoms with Gasteiger partial charge in [0.2, 0.25) is 0 Å². The predicted octanol–water partition coefficient (Wildman–Crippen LogP) is 3.56. The van der Waals surface area contributed by atoms with Crippen LogP contribution in [0.15, 0.2) is 42.5 Å². The Bertz CT molecular complexity index is 819. The molecule has 0 aromatic heterocycles. The van der Waals surface area contributed by atoms with Crippen molar-refractivity contribution in [1.82, 2.24) is 10.2 Å². The van der Waals surface area contributed by atoms with Gasteiger partial charge in [0.15, 0.2) is 0 Å². The number of urea groups is 1. The number of nitrogen functional groups attached to an aromatic ring is 1. The average molecular weight is 389 g/mol. The van der Waals surface area contributed by atoms with Crippen molar-refractivity contribution in [2.45, 2.75) is 26.3 Å². The summed E-state index contributed by atoms with van der Waals surface area (Å²) in [5.41, 5.74) is 9.43. The first-order valence-corrected chi connectivity index (χ1v) is 8.82. The number of likely N-dealkylation sites (tertiary alicyclic amines) is 1. The number of hydrogen-bond acceptors (Lipinski definition) is 3. The number of halogens is 1. The number of benzene rings is 2. The molecule has 3 rings (SSSR count). The Balaban J connectivity index is 0.00000261. The number of hydrogen-bond donors (Lipinski definition) is 3. The van der Waals surface area contributed by atoms with Crippen molar-refractivity contribution < 1.29 is 9.59 Å². The standard InChI is InChI=1S/C20H24N4O2.ClH/c1-14-7-8-16(21)12-18(14)19(25)22-13-15-5-4-6-17(11-15)23-20(26)24-9-2-3-10-24;/h4-8,11-12H,2-3,9-10,13,21H2,1H3,(H,22,25)(H,23,26);1H. The zero-order valence-corrected chi connectivity index (χ0v) is 16.1. The molecule has 6 nitrogen and oxygen atoms in total. The van der Waals surface area contributed by atoms with Gasteiger partial charge in [-0.15, -0.1) is 12.4 Å². The number of aryl methyl sites for hydroxylation is 1. The number of anilines is 2. The van der Waals surface area contributed by atoms with E-state index in [4.69, 9.17) is 5.73 Å². The zero-order chi connectivity index (χ0) is 18.5. The normalized spacial score (nSPS) is 13.0. The second kappa shape index (κ2) is 9.28. The molecule has 1 aliphatic rings. The van der Waals surface area contributed by atoms with Crippen LogP contribution in [0.25, 0.3) is 0 Å². The molecule has 2 aromatic carbocycles. The summed E-state index contributed by atoms with van der Waals surface area (Å²) in [7, 11) is 0. The maximum Gasteiger partial charge on any atom is 0.321 e. The second-order valence-electron chi connectivity index (χ2n) is 6.58. The van der Waals surface area contributed by atoms with E-state index in [9.17, 15) is 9.59 Å². The molecule has 1 heterocycles. The lowest BCUT2D eigenvalue weighted by atomic mass is 10.1. The number of nitrogens with zero attached hydrogens (tertiary/aromatic N) is 1. The van der Waals surface area contributed by atoms with Gasteiger partial charge in [0.05, 0.1) is 0 Å². The smallest absolute Gasteiger partial charge is 0.321 e. The van der Waals surface area contributed by atoms with E-state index in [-0.39, 0.29) is 24.3 Å². The number of nitrogens with one attached hydrogen (secondary N) is 2. The summed E-state index contributed by atoms with van der Waals surface area (Å²) in [6.07, 6.45) is 2.12. The molecule has 0 saturated carbocycles. The van der Waals surface area contributed by atoms with Gasteiger partial charge in [0, 0.05) is 36.6 Å². The fraction of sp³-hybridized carbons (Fsp3) is 0.300. The van der Waals surface area contributed by atoms with Gasteiger partial charge < -0.3 is 21.3 Å². The first-order chi connectivity index (χ1) is 12.5. The molecule has 1 saturated heterocycles. The molecule has 7 heteroatoms. The van der Waals surface area contributed by atoms with Gasteiger partial charge in [0.25, 0.3) is 5.91 Å². The van der Waals surface area contributed by atoms with Crippen LogP contribution in [0.5, 0.6) is 0 Å². The van der Waals surface area contributed by atoms with Gasteiger partial charge in [-0.05, 0) is 55.2 Å². The highest BCUT2D eigenvalue weighted by atomic mass is 35.5. The average Bonchev–Trinajstić information content (AvgIpc) is 3.17. The van der Waals surface area contributed by atoms with Crippen molar-refractivity contribution in [1.29, 1.82) is 0 Å². The molecule has 0 bridgehead atoms. The minimum atomic E-state index is -0.165. The molecule has 3 amide bonds. The maximum absolute atomic E-state index is 12.4. The molecular formula is C20H25ClN4O2. The fourth-order valence-electron chi connectivity index (χ4n) is 3.04. The molecule has 27 heavy (non-hydrogen) atoms. The number of carbonyl (C=O) groups excluding carboxylic acids is 2. The molecule has 4 N–H and O–H groups in total. The highest BCUT2D eigenvalue weighted by molar-refractivity contribution is 5.96. The van der Waals surface area contributed by atoms with E-state index in [0.29, 0.717) is 17.8 Å². The summed E-state index contributed by atoms with van der Waals surface area (Å²) in [6, 6.07) is 12.7. The third-order valence-corrected chi connectivity index (χ3v) is 4.53. The van der Waals surface area contributed by atoms with Gasteiger partial charge in [-0.2, -0.15) is 0 Å². The van der Waals surface area contributed by atoms with Gasteiger partial charge in [-0.1, -0.05) is 18.2 Å². The SMILES string of the molecule is Cc1ccc(N)cc1C(=O)NCc1cccc(NC(=O)N2CCCC2)c1.Cl. The number of amides is 3. The number of nitrogens with two attached hydrogens (primary N) is 1. The summed E-state index contributed by atoms with van der Waals surface area (Å²) < 4.78 is 0. The zero-order valence-electron chi connectivity index (χ0n) is 15.3. The molecule has 2 aromatic rings. The molecule has 0 atom stereocenters. The predicted molar refractivity (Wildman–Crippen MR) is 110 cm³/mol. The largest absolute Gasteiger partial charge is 0.399 e. The first kappa shape index (κ1) is 20.6. The van der Waals surface area contributed by atoms with E-state index in [1.54, 1.807) is 12.1 Å². The summed E-state index contributed by atoms with van der Waals surface area (Å²) in [4.78, 5) is 26.4. The lowest BCUT2D eigenvalue weighted by molar-refractivity contribution is 0.0950. The fourth-order valence-corrected chi connectivity index (χ4v) is 3.04. The van der Waals surface area contributed by atoms with E-state index in [0.717, 1.165) is 42.7 Å². The molecule has 0 spiro atoms. The topological polar surface area (TPSA) is 87.5 Å². The van der Waals surface area contributed by atoms with Crippen LogP contribution in [0.2, 0.25) is 0 Å². The Labute approximate surface area is 165 Å². The van der Waals surface area contributed by atoms with Gasteiger partial charge in [-0.25, -0.2) is 4.79 Å². The van der Waals surface area contributed by atoms with Crippen LogP contribution in [-0.4, -0.2) is 29.9 Å². The van der Waals surface area contributed by atoms with Crippen LogP contribution in [-0.2, 0) is 6.54 Å². The number of carbonyl (C=O) groups is 2. The van der Waals surface area contributed by atoms with Crippen LogP contribution in [0.1, 0.15) is 34.3 Å². The monoisotopic (exact) mass is 388 g/mol. The molecule has 0 unspecified atom stereocenters. The minimum Gasteiger partial charge on any atom is -0.399 e. The molecule has 0 aliphatic carbocycles. The molecule has 1 fully saturated rings. The van der Waals surface area contributed by atoms with Crippen LogP contribution in [0.4, 0.5) is 16.2 Å². The third kappa shape index (κ3) is 5.37. The van der Waals surface area contributed by atoms with Crippen LogP contribution in [0.3, 0.4) is 0 Å². The van der Waals surface area contributed by atoms with Crippen molar-refractivity contribution in [3.63, 3.8) is 0 Å². The van der Waals surface area contributed by atoms with Crippen molar-refractivity contribution in [3.05, 3.63) is 59.2 Å². The Morgan fingerprint density at radius 2 is 1.85 bits per heavy atom. The first-order valence-electron chi connectivity index (χ1n) is 8.82. The van der Waals surface area contributed by atoms with Crippen molar-refractivity contribution in [2.75, 3.05) is 24.1 Å². The lowest BCUT2D eigenvalue weighted by Crippen LogP contribution is -2.32. The maximum atomic E-state index is 12.4. The molecular weight excluding hydrogens is 364 g/mol. The summed E-state index contributed by atoms with van der Waals surface area (Å²) in [6.45, 7) is 3.87. The van der Waals surface area contributed by atoms with Gasteiger partial charge in [-0.3, -0.25) is 4.79 Å². The van der Waals surface area contributed by atoms with E-state index in [1.165, 1.54) is 0 Å². The Morgan fingerprint density at radius 3 is 2.59 bits per heavy atom. The van der Waals surface area contributed by atoms with E-state index >= 15 is 0 Å². The lowest BCUT2D eigenvalue weighted by Gasteiger charge is -2.16. The van der Waals surface area contributed by atoms with Crippen LogP contribution < -0.4 is 16.4 Å². The van der Waals surface area contributed by atoms with Crippen molar-refractivity contribution in [3.8, 4) is 0 Å². The molecule has 1 aliphatic heterocycles. The van der Waals surface area contributed by atoms with Crippen molar-refractivity contribution >= 4 is 35.7 Å². The Morgan fingerprint density at radius 1 is 1.11 bits per heavy atom. The van der Waals surface area contributed by atoms with E-state index in [2.05, 4.69) is 10.6 Å². The number of rotatable bonds is 4. The molecule has 144 valence electrons. The minimum absolute atomic E-state index is 0. The Hall–Kier alpha value is -2.73. The van der Waals surface area contributed by atoms with Gasteiger partial charge >= 0.3 is 6.03 Å². The van der Waals surface area contributed by atoms with E-state index < -0.39 is 0 Å². The summed E-state index contributed by atoms with van der Waals surface area (Å²) in [5, 5.41) is 5.82. The highest BCUT2D eigenvalue weighted by Gasteiger charge is 2.17. The highest BCUT2D eigenvalue weighted by Crippen LogP contribution is 2.15. The summed E-state index contributed by atoms with van der Waals surface area (Å²) >= 11 is 0. The van der Waals surface area contributed by atoms with Gasteiger partial charge in [0.1, 0.15) is 0 Å². The van der Waals surface area contributed by atoms with E-state index in [1.807, 2.05) is 42.2 Å². The van der Waals surface area contributed by atoms with Crippen molar-refractivity contribution in [2.24, 2.45) is 0 Å². The Kier molecular flexibility index (Phi) is 7.07. The quantitative estimate of drug-likeness (QED) is 0.700.